The van der Waals surface area contributed by atoms with E-state index in [4.69, 9.17) is 9.47 Å². The molecule has 0 radical (unpaired) electrons. The summed E-state index contributed by atoms with van der Waals surface area (Å²) in [5.41, 5.74) is 0.0101. The third-order valence-corrected chi connectivity index (χ3v) is 3.68. The van der Waals surface area contributed by atoms with Crippen molar-refractivity contribution in [2.75, 3.05) is 14.2 Å². The van der Waals surface area contributed by atoms with Gasteiger partial charge in [-0.2, -0.15) is 0 Å². The van der Waals surface area contributed by atoms with Crippen molar-refractivity contribution < 1.29 is 19.7 Å². The molecule has 0 saturated heterocycles. The van der Waals surface area contributed by atoms with Gasteiger partial charge in [0, 0.05) is 0 Å². The molecule has 4 heteroatoms. The van der Waals surface area contributed by atoms with Crippen LogP contribution < -0.4 is 9.47 Å². The van der Waals surface area contributed by atoms with Crippen molar-refractivity contribution in [2.45, 2.75) is 18.6 Å². The molecule has 0 aromatic heterocycles. The molecule has 2 aromatic rings. The van der Waals surface area contributed by atoms with Crippen LogP contribution in [0.15, 0.2) is 60.7 Å². The molecular weight excluding hydrogens is 292 g/mol. The lowest BCUT2D eigenvalue weighted by molar-refractivity contribution is 0.132. The van der Waals surface area contributed by atoms with Crippen molar-refractivity contribution in [1.82, 2.24) is 0 Å². The third-order valence-electron chi connectivity index (χ3n) is 3.68. The van der Waals surface area contributed by atoms with E-state index in [-0.39, 0.29) is 0 Å². The normalized spacial score (nSPS) is 13.1. The van der Waals surface area contributed by atoms with E-state index >= 15 is 0 Å². The largest absolute Gasteiger partial charge is 0.497 e. The van der Waals surface area contributed by atoms with Crippen LogP contribution in [0.1, 0.15) is 18.1 Å². The summed E-state index contributed by atoms with van der Waals surface area (Å²) in [5.74, 6) is 1.43. The average molecular weight is 314 g/mol. The number of benzene rings is 2. The molecule has 2 N–H and O–H groups in total. The second-order valence-corrected chi connectivity index (χ2v) is 5.32. The van der Waals surface area contributed by atoms with Gasteiger partial charge in [-0.3, -0.25) is 0 Å². The van der Waals surface area contributed by atoms with Crippen molar-refractivity contribution in [3.8, 4) is 11.5 Å². The number of hydrogen-bond acceptors (Lipinski definition) is 4. The van der Waals surface area contributed by atoms with E-state index < -0.39 is 11.7 Å². The Morgan fingerprint density at radius 3 is 1.57 bits per heavy atom. The smallest absolute Gasteiger partial charge is 0.133 e. The maximum atomic E-state index is 11.3. The van der Waals surface area contributed by atoms with Gasteiger partial charge in [0.1, 0.15) is 17.1 Å². The van der Waals surface area contributed by atoms with Gasteiger partial charge in [-0.1, -0.05) is 30.3 Å². The summed E-state index contributed by atoms with van der Waals surface area (Å²) in [4.78, 5) is 0. The van der Waals surface area contributed by atoms with Gasteiger partial charge in [-0.25, -0.2) is 0 Å². The fourth-order valence-electron chi connectivity index (χ4n) is 2.33. The third kappa shape index (κ3) is 3.92. The minimum Gasteiger partial charge on any atom is -0.497 e. The maximum Gasteiger partial charge on any atom is 0.133 e. The molecule has 23 heavy (non-hydrogen) atoms. The van der Waals surface area contributed by atoms with Gasteiger partial charge in [-0.15, -0.1) is 0 Å². The van der Waals surface area contributed by atoms with E-state index in [1.54, 1.807) is 81.8 Å². The summed E-state index contributed by atoms with van der Waals surface area (Å²) in [5, 5.41) is 20.8. The number of hydrogen-bond donors (Lipinski definition) is 2. The Morgan fingerprint density at radius 2 is 1.26 bits per heavy atom. The van der Waals surface area contributed by atoms with Gasteiger partial charge in [0.05, 0.1) is 20.3 Å². The second kappa shape index (κ2) is 7.31. The summed E-state index contributed by atoms with van der Waals surface area (Å²) in [7, 11) is 3.19. The van der Waals surface area contributed by atoms with Crippen molar-refractivity contribution in [3.05, 3.63) is 71.8 Å². The number of aliphatic hydroxyl groups excluding tert-OH is 1. The summed E-state index contributed by atoms with van der Waals surface area (Å²) in [6.07, 6.45) is 2.51. The van der Waals surface area contributed by atoms with E-state index in [0.29, 0.717) is 22.6 Å². The van der Waals surface area contributed by atoms with Crippen molar-refractivity contribution in [2.24, 2.45) is 0 Å². The molecular formula is C19H22O4. The molecule has 1 unspecified atom stereocenters. The molecule has 0 spiro atoms. The van der Waals surface area contributed by atoms with Crippen molar-refractivity contribution in [1.29, 1.82) is 0 Å². The van der Waals surface area contributed by atoms with Crippen LogP contribution in [0.4, 0.5) is 0 Å². The highest BCUT2D eigenvalue weighted by Crippen LogP contribution is 2.33. The highest BCUT2D eigenvalue weighted by atomic mass is 16.5. The van der Waals surface area contributed by atoms with Gasteiger partial charge in [0.15, 0.2) is 0 Å². The molecule has 1 atom stereocenters. The summed E-state index contributed by atoms with van der Waals surface area (Å²) in [6, 6.07) is 14.4. The maximum absolute atomic E-state index is 11.3. The predicted octanol–water partition coefficient (Wildman–Crippen LogP) is 2.88. The van der Waals surface area contributed by atoms with Crippen LogP contribution >= 0.6 is 0 Å². The Hall–Kier alpha value is -2.30. The van der Waals surface area contributed by atoms with Crippen LogP contribution in [-0.4, -0.2) is 30.5 Å². The lowest BCUT2D eigenvalue weighted by Crippen LogP contribution is -2.25. The zero-order chi connectivity index (χ0) is 16.9. The van der Waals surface area contributed by atoms with Crippen LogP contribution in [0.5, 0.6) is 11.5 Å². The summed E-state index contributed by atoms with van der Waals surface area (Å²) >= 11 is 0. The fraction of sp³-hybridized carbons (Fsp3) is 0.263. The number of methoxy groups -OCH3 is 2. The zero-order valence-corrected chi connectivity index (χ0v) is 13.6. The van der Waals surface area contributed by atoms with Gasteiger partial charge >= 0.3 is 0 Å². The fourth-order valence-corrected chi connectivity index (χ4v) is 2.33. The highest BCUT2D eigenvalue weighted by Gasteiger charge is 2.28. The van der Waals surface area contributed by atoms with E-state index in [1.165, 1.54) is 0 Å². The van der Waals surface area contributed by atoms with Gasteiger partial charge < -0.3 is 19.7 Å². The van der Waals surface area contributed by atoms with Crippen LogP contribution in [0.3, 0.4) is 0 Å². The molecule has 0 aliphatic carbocycles. The Labute approximate surface area is 136 Å². The molecule has 122 valence electrons. The predicted molar refractivity (Wildman–Crippen MR) is 89.8 cm³/mol. The van der Waals surface area contributed by atoms with Crippen molar-refractivity contribution in [3.63, 3.8) is 0 Å². The lowest BCUT2D eigenvalue weighted by atomic mass is 9.85. The average Bonchev–Trinajstić information content (AvgIpc) is 2.59. The van der Waals surface area contributed by atoms with E-state index in [2.05, 4.69) is 0 Å². The monoisotopic (exact) mass is 314 g/mol. The molecule has 0 bridgehead atoms. The topological polar surface area (TPSA) is 58.9 Å². The SMILES string of the molecule is COc1ccc(C(O)(C=CC(C)O)c2ccc(OC)cc2)cc1. The Balaban J connectivity index is 2.49. The summed E-state index contributed by atoms with van der Waals surface area (Å²) < 4.78 is 10.3. The second-order valence-electron chi connectivity index (χ2n) is 5.32. The van der Waals surface area contributed by atoms with Crippen LogP contribution in [0.25, 0.3) is 0 Å². The Morgan fingerprint density at radius 1 is 0.870 bits per heavy atom. The minimum absolute atomic E-state index is 0.655. The van der Waals surface area contributed by atoms with E-state index in [0.717, 1.165) is 0 Å². The molecule has 4 nitrogen and oxygen atoms in total. The molecule has 0 amide bonds. The number of ether oxygens (including phenoxy) is 2. The Kier molecular flexibility index (Phi) is 5.42. The first-order valence-corrected chi connectivity index (χ1v) is 7.38. The molecule has 0 aliphatic rings. The molecule has 2 aromatic carbocycles. The Bertz CT molecular complexity index is 595. The van der Waals surface area contributed by atoms with Gasteiger partial charge in [-0.05, 0) is 48.4 Å². The quantitative estimate of drug-likeness (QED) is 0.805. The number of rotatable bonds is 6. The van der Waals surface area contributed by atoms with Gasteiger partial charge in [0.25, 0.3) is 0 Å². The standard InChI is InChI=1S/C19H22O4/c1-14(20)12-13-19(21,15-4-8-17(22-2)9-5-15)16-6-10-18(23-3)11-7-16/h4-14,20-21H,1-3H3. The molecule has 0 aliphatic heterocycles. The first kappa shape index (κ1) is 17.1. The van der Waals surface area contributed by atoms with Crippen LogP contribution in [0, 0.1) is 0 Å². The summed E-state index contributed by atoms with van der Waals surface area (Å²) in [6.45, 7) is 1.64. The van der Waals surface area contributed by atoms with E-state index in [1.807, 2.05) is 0 Å². The number of aliphatic hydroxyl groups is 2. The van der Waals surface area contributed by atoms with Gasteiger partial charge in [0.2, 0.25) is 0 Å². The molecule has 2 rings (SSSR count). The minimum atomic E-state index is -1.35. The molecule has 0 heterocycles. The molecule has 0 fully saturated rings. The van der Waals surface area contributed by atoms with Crippen LogP contribution in [-0.2, 0) is 5.60 Å². The first-order valence-electron chi connectivity index (χ1n) is 7.38. The lowest BCUT2D eigenvalue weighted by Gasteiger charge is -2.26. The van der Waals surface area contributed by atoms with Crippen molar-refractivity contribution >= 4 is 0 Å². The van der Waals surface area contributed by atoms with Crippen LogP contribution in [0.2, 0.25) is 0 Å². The van der Waals surface area contributed by atoms with E-state index in [9.17, 15) is 10.2 Å². The first-order chi connectivity index (χ1) is 11.0. The molecule has 0 saturated carbocycles. The zero-order valence-electron chi connectivity index (χ0n) is 13.6. The highest BCUT2D eigenvalue weighted by molar-refractivity contribution is 5.44.